The zero-order valence-corrected chi connectivity index (χ0v) is 13.0. The number of allylic oxidation sites excluding steroid dienone is 6. The zero-order chi connectivity index (χ0) is 15.6. The third kappa shape index (κ3) is 18.2. The van der Waals surface area contributed by atoms with Gasteiger partial charge in [-0.2, -0.15) is 0 Å². The first kappa shape index (κ1) is 19.2. The Balaban J connectivity index is 3.34. The van der Waals surface area contributed by atoms with Gasteiger partial charge in [0.2, 0.25) is 0 Å². The van der Waals surface area contributed by atoms with Gasteiger partial charge in [-0.05, 0) is 37.8 Å². The number of rotatable bonds is 13. The van der Waals surface area contributed by atoms with Gasteiger partial charge in [0, 0.05) is 6.42 Å². The predicted octanol–water partition coefficient (Wildman–Crippen LogP) is 5.37. The highest BCUT2D eigenvalue weighted by Crippen LogP contribution is 2.07. The molecule has 0 heterocycles. The van der Waals surface area contributed by atoms with Crippen molar-refractivity contribution in [1.82, 2.24) is 0 Å². The molecule has 0 fully saturated rings. The van der Waals surface area contributed by atoms with E-state index in [1.165, 1.54) is 0 Å². The van der Waals surface area contributed by atoms with Gasteiger partial charge in [0.25, 0.3) is 0 Å². The third-order valence-corrected chi connectivity index (χ3v) is 2.81. The van der Waals surface area contributed by atoms with E-state index in [9.17, 15) is 4.79 Å². The Hall–Kier alpha value is -1.77. The average Bonchev–Trinajstić information content (AvgIpc) is 2.46. The summed E-state index contributed by atoms with van der Waals surface area (Å²) in [7, 11) is 0. The maximum absolute atomic E-state index is 10.3. The number of hydrogen-bond donors (Lipinski definition) is 1. The molecule has 0 amide bonds. The van der Waals surface area contributed by atoms with Crippen molar-refractivity contribution < 1.29 is 14.6 Å². The van der Waals surface area contributed by atoms with Crippen LogP contribution in [-0.4, -0.2) is 11.1 Å². The lowest BCUT2D eigenvalue weighted by molar-refractivity contribution is -0.137. The summed E-state index contributed by atoms with van der Waals surface area (Å²) in [5, 5.41) is 8.50. The van der Waals surface area contributed by atoms with Crippen LogP contribution in [0, 0.1) is 0 Å². The summed E-state index contributed by atoms with van der Waals surface area (Å²) < 4.78 is 5.16. The Morgan fingerprint density at radius 2 is 1.52 bits per heavy atom. The summed E-state index contributed by atoms with van der Waals surface area (Å²) in [5.74, 6) is -0.692. The van der Waals surface area contributed by atoms with E-state index < -0.39 is 5.97 Å². The van der Waals surface area contributed by atoms with Crippen molar-refractivity contribution in [3.8, 4) is 0 Å². The fraction of sp³-hybridized carbons (Fsp3) is 0.500. The van der Waals surface area contributed by atoms with Crippen LogP contribution in [0.4, 0.5) is 0 Å². The molecule has 0 aliphatic rings. The Morgan fingerprint density at radius 1 is 0.905 bits per heavy atom. The molecule has 21 heavy (non-hydrogen) atoms. The molecule has 0 spiro atoms. The molecule has 0 unspecified atom stereocenters. The highest BCUT2D eigenvalue weighted by atomic mass is 16.5. The molecule has 0 aromatic rings. The Morgan fingerprint density at radius 3 is 2.19 bits per heavy atom. The van der Waals surface area contributed by atoms with Crippen LogP contribution in [0.5, 0.6) is 0 Å². The van der Waals surface area contributed by atoms with E-state index in [4.69, 9.17) is 9.84 Å². The molecule has 3 heteroatoms. The zero-order valence-electron chi connectivity index (χ0n) is 13.0. The van der Waals surface area contributed by atoms with Crippen molar-refractivity contribution in [2.45, 2.75) is 58.3 Å². The van der Waals surface area contributed by atoms with Crippen LogP contribution in [0.1, 0.15) is 58.3 Å². The van der Waals surface area contributed by atoms with Gasteiger partial charge in [-0.3, -0.25) is 4.79 Å². The number of aliphatic carboxylic acids is 1. The van der Waals surface area contributed by atoms with Gasteiger partial charge in [0.05, 0.1) is 12.5 Å². The van der Waals surface area contributed by atoms with Crippen molar-refractivity contribution in [1.29, 1.82) is 0 Å². The molecule has 0 radical (unpaired) electrons. The normalized spacial score (nSPS) is 12.2. The van der Waals surface area contributed by atoms with Crippen LogP contribution < -0.4 is 0 Å². The summed E-state index contributed by atoms with van der Waals surface area (Å²) in [4.78, 5) is 10.3. The van der Waals surface area contributed by atoms with E-state index in [2.05, 4.69) is 19.1 Å². The van der Waals surface area contributed by atoms with Gasteiger partial charge >= 0.3 is 5.97 Å². The molecule has 0 atom stereocenters. The fourth-order valence-electron chi connectivity index (χ4n) is 1.68. The van der Waals surface area contributed by atoms with E-state index in [1.54, 1.807) is 12.5 Å². The lowest BCUT2D eigenvalue weighted by atomic mass is 10.1. The van der Waals surface area contributed by atoms with Crippen LogP contribution in [0.2, 0.25) is 0 Å². The largest absolute Gasteiger partial charge is 0.481 e. The molecule has 0 aromatic carbocycles. The quantitative estimate of drug-likeness (QED) is 0.282. The SMILES string of the molecule is CCC=CC=COC=CC=CCCCCCCCC(=O)O. The van der Waals surface area contributed by atoms with Crippen molar-refractivity contribution in [3.05, 3.63) is 49.0 Å². The highest BCUT2D eigenvalue weighted by Gasteiger charge is 1.95. The van der Waals surface area contributed by atoms with Gasteiger partial charge < -0.3 is 9.84 Å². The van der Waals surface area contributed by atoms with Crippen molar-refractivity contribution in [2.24, 2.45) is 0 Å². The van der Waals surface area contributed by atoms with E-state index >= 15 is 0 Å². The maximum Gasteiger partial charge on any atom is 0.303 e. The van der Waals surface area contributed by atoms with Gasteiger partial charge in [-0.1, -0.05) is 50.5 Å². The third-order valence-electron chi connectivity index (χ3n) is 2.81. The predicted molar refractivity (Wildman–Crippen MR) is 87.9 cm³/mol. The minimum atomic E-state index is -0.692. The van der Waals surface area contributed by atoms with Crippen LogP contribution >= 0.6 is 0 Å². The minimum absolute atomic E-state index is 0.299. The molecule has 0 saturated carbocycles. The second-order valence-corrected chi connectivity index (χ2v) is 4.76. The molecule has 0 aliphatic carbocycles. The first-order valence-corrected chi connectivity index (χ1v) is 7.78. The minimum Gasteiger partial charge on any atom is -0.481 e. The highest BCUT2D eigenvalue weighted by molar-refractivity contribution is 5.66. The van der Waals surface area contributed by atoms with Crippen LogP contribution in [-0.2, 0) is 9.53 Å². The Kier molecular flexibility index (Phi) is 14.9. The van der Waals surface area contributed by atoms with Crippen LogP contribution in [0.15, 0.2) is 49.0 Å². The van der Waals surface area contributed by atoms with Gasteiger partial charge in [-0.15, -0.1) is 0 Å². The number of carbonyl (C=O) groups is 1. The summed E-state index contributed by atoms with van der Waals surface area (Å²) in [6.07, 6.45) is 22.8. The van der Waals surface area contributed by atoms with E-state index in [0.29, 0.717) is 6.42 Å². The molecule has 1 N–H and O–H groups in total. The van der Waals surface area contributed by atoms with Gasteiger partial charge in [0.15, 0.2) is 0 Å². The summed E-state index contributed by atoms with van der Waals surface area (Å²) in [5.41, 5.74) is 0. The molecule has 0 bridgehead atoms. The van der Waals surface area contributed by atoms with Gasteiger partial charge in [0.1, 0.15) is 0 Å². The van der Waals surface area contributed by atoms with E-state index in [-0.39, 0.29) is 0 Å². The number of hydrogen-bond acceptors (Lipinski definition) is 2. The van der Waals surface area contributed by atoms with Gasteiger partial charge in [-0.25, -0.2) is 0 Å². The van der Waals surface area contributed by atoms with Crippen molar-refractivity contribution >= 4 is 5.97 Å². The number of ether oxygens (including phenoxy) is 1. The smallest absolute Gasteiger partial charge is 0.303 e. The van der Waals surface area contributed by atoms with Crippen molar-refractivity contribution in [2.75, 3.05) is 0 Å². The lowest BCUT2D eigenvalue weighted by Crippen LogP contribution is -1.93. The lowest BCUT2D eigenvalue weighted by Gasteiger charge is -1.97. The Labute approximate surface area is 128 Å². The molecule has 0 saturated heterocycles. The summed E-state index contributed by atoms with van der Waals surface area (Å²) in [6.45, 7) is 2.09. The second-order valence-electron chi connectivity index (χ2n) is 4.76. The first-order valence-electron chi connectivity index (χ1n) is 7.78. The number of carboxylic acids is 1. The second kappa shape index (κ2) is 16.3. The number of carboxylic acid groups (broad SMARTS) is 1. The van der Waals surface area contributed by atoms with E-state index in [1.807, 2.05) is 24.3 Å². The first-order chi connectivity index (χ1) is 10.3. The summed E-state index contributed by atoms with van der Waals surface area (Å²) in [6, 6.07) is 0. The molecule has 118 valence electrons. The van der Waals surface area contributed by atoms with Crippen LogP contribution in [0.25, 0.3) is 0 Å². The standard InChI is InChI=1S/C18H28O3/c1-2-3-4-13-16-21-17-14-11-9-7-5-6-8-10-12-15-18(19)20/h3-4,9,11,13-14,16-17H,2,5-8,10,12,15H2,1H3,(H,19,20). The monoisotopic (exact) mass is 292 g/mol. The summed E-state index contributed by atoms with van der Waals surface area (Å²) >= 11 is 0. The number of unbranched alkanes of at least 4 members (excludes halogenated alkanes) is 5. The van der Waals surface area contributed by atoms with E-state index in [0.717, 1.165) is 44.9 Å². The average molecular weight is 292 g/mol. The molecular weight excluding hydrogens is 264 g/mol. The molecule has 3 nitrogen and oxygen atoms in total. The van der Waals surface area contributed by atoms with Crippen molar-refractivity contribution in [3.63, 3.8) is 0 Å². The molecular formula is C18H28O3. The topological polar surface area (TPSA) is 46.5 Å². The maximum atomic E-state index is 10.3. The fourth-order valence-corrected chi connectivity index (χ4v) is 1.68. The van der Waals surface area contributed by atoms with Crippen LogP contribution in [0.3, 0.4) is 0 Å². The molecule has 0 aromatic heterocycles. The molecule has 0 rings (SSSR count). The Bertz CT molecular complexity index is 351. The molecule has 0 aliphatic heterocycles.